The average Bonchev–Trinajstić information content (AvgIpc) is 2.49. The van der Waals surface area contributed by atoms with Crippen LogP contribution in [0, 0.1) is 0 Å². The molecule has 20 heavy (non-hydrogen) atoms. The molecule has 0 radical (unpaired) electrons. The van der Waals surface area contributed by atoms with Crippen molar-refractivity contribution in [2.45, 2.75) is 33.1 Å². The summed E-state index contributed by atoms with van der Waals surface area (Å²) in [6.45, 7) is 8.94. The predicted molar refractivity (Wildman–Crippen MR) is 85.7 cm³/mol. The molecule has 0 aliphatic rings. The topological polar surface area (TPSA) is 45.7 Å². The van der Waals surface area contributed by atoms with Crippen molar-refractivity contribution < 1.29 is 4.74 Å². The first-order chi connectivity index (χ1) is 9.72. The SMILES string of the molecule is CCCNC(=NCC(C)c1ccccc1OC)NCC. The van der Waals surface area contributed by atoms with E-state index in [4.69, 9.17) is 4.74 Å². The quantitative estimate of drug-likeness (QED) is 0.595. The molecule has 0 bridgehead atoms. The third-order valence-corrected chi connectivity index (χ3v) is 3.08. The van der Waals surface area contributed by atoms with Crippen LogP contribution in [0.5, 0.6) is 5.75 Å². The molecule has 1 rings (SSSR count). The molecule has 4 heteroatoms. The lowest BCUT2D eigenvalue weighted by Gasteiger charge is -2.15. The maximum atomic E-state index is 5.41. The zero-order chi connectivity index (χ0) is 14.8. The molecule has 0 amide bonds. The number of nitrogens with one attached hydrogen (secondary N) is 2. The van der Waals surface area contributed by atoms with E-state index in [0.717, 1.165) is 37.8 Å². The Morgan fingerprint density at radius 1 is 1.25 bits per heavy atom. The van der Waals surface area contributed by atoms with E-state index in [2.05, 4.69) is 42.5 Å². The summed E-state index contributed by atoms with van der Waals surface area (Å²) in [6, 6.07) is 8.13. The van der Waals surface area contributed by atoms with Gasteiger partial charge in [-0.1, -0.05) is 32.0 Å². The first-order valence-corrected chi connectivity index (χ1v) is 7.38. The summed E-state index contributed by atoms with van der Waals surface area (Å²) in [6.07, 6.45) is 1.09. The number of hydrogen-bond acceptors (Lipinski definition) is 2. The fourth-order valence-electron chi connectivity index (χ4n) is 1.99. The van der Waals surface area contributed by atoms with Crippen LogP contribution >= 0.6 is 0 Å². The molecule has 0 spiro atoms. The molecule has 4 nitrogen and oxygen atoms in total. The van der Waals surface area contributed by atoms with E-state index in [-0.39, 0.29) is 0 Å². The van der Waals surface area contributed by atoms with Crippen LogP contribution in [-0.2, 0) is 0 Å². The second-order valence-electron chi connectivity index (χ2n) is 4.79. The monoisotopic (exact) mass is 277 g/mol. The van der Waals surface area contributed by atoms with Crippen LogP contribution in [0.4, 0.5) is 0 Å². The summed E-state index contributed by atoms with van der Waals surface area (Å²) in [5.74, 6) is 2.14. The van der Waals surface area contributed by atoms with Crippen LogP contribution in [0.25, 0.3) is 0 Å². The molecule has 1 unspecified atom stereocenters. The van der Waals surface area contributed by atoms with Gasteiger partial charge in [-0.05, 0) is 25.0 Å². The third-order valence-electron chi connectivity index (χ3n) is 3.08. The summed E-state index contributed by atoms with van der Waals surface area (Å²) in [4.78, 5) is 4.64. The van der Waals surface area contributed by atoms with Crippen molar-refractivity contribution >= 4 is 5.96 Å². The lowest BCUT2D eigenvalue weighted by atomic mass is 10.0. The van der Waals surface area contributed by atoms with E-state index >= 15 is 0 Å². The molecule has 1 aromatic carbocycles. The molecule has 0 saturated heterocycles. The van der Waals surface area contributed by atoms with Gasteiger partial charge in [0.15, 0.2) is 5.96 Å². The minimum atomic E-state index is 0.322. The zero-order valence-corrected chi connectivity index (χ0v) is 13.1. The van der Waals surface area contributed by atoms with Gasteiger partial charge in [0.2, 0.25) is 0 Å². The summed E-state index contributed by atoms with van der Waals surface area (Å²) in [5.41, 5.74) is 1.20. The molecule has 1 atom stereocenters. The van der Waals surface area contributed by atoms with Crippen LogP contribution in [0.15, 0.2) is 29.3 Å². The van der Waals surface area contributed by atoms with Crippen molar-refractivity contribution in [1.82, 2.24) is 10.6 Å². The third kappa shape index (κ3) is 5.11. The zero-order valence-electron chi connectivity index (χ0n) is 13.1. The fourth-order valence-corrected chi connectivity index (χ4v) is 1.99. The van der Waals surface area contributed by atoms with E-state index in [1.54, 1.807) is 7.11 Å². The lowest BCUT2D eigenvalue weighted by Crippen LogP contribution is -2.37. The molecule has 1 aromatic rings. The minimum absolute atomic E-state index is 0.322. The Kier molecular flexibility index (Phi) is 7.55. The van der Waals surface area contributed by atoms with Gasteiger partial charge in [0, 0.05) is 25.6 Å². The van der Waals surface area contributed by atoms with Crippen molar-refractivity contribution in [2.75, 3.05) is 26.7 Å². The molecule has 0 aliphatic carbocycles. The van der Waals surface area contributed by atoms with E-state index < -0.39 is 0 Å². The Morgan fingerprint density at radius 2 is 2.00 bits per heavy atom. The standard InChI is InChI=1S/C16H27N3O/c1-5-11-18-16(17-6-2)19-12-13(3)14-9-7-8-10-15(14)20-4/h7-10,13H,5-6,11-12H2,1-4H3,(H2,17,18,19). The van der Waals surface area contributed by atoms with Gasteiger partial charge in [0.05, 0.1) is 7.11 Å². The Hall–Kier alpha value is -1.71. The van der Waals surface area contributed by atoms with Crippen molar-refractivity contribution in [3.05, 3.63) is 29.8 Å². The van der Waals surface area contributed by atoms with Gasteiger partial charge in [-0.25, -0.2) is 0 Å². The van der Waals surface area contributed by atoms with E-state index in [9.17, 15) is 0 Å². The van der Waals surface area contributed by atoms with E-state index in [1.807, 2.05) is 18.2 Å². The van der Waals surface area contributed by atoms with Crippen molar-refractivity contribution in [1.29, 1.82) is 0 Å². The molecule has 0 aromatic heterocycles. The molecular weight excluding hydrogens is 250 g/mol. The first kappa shape index (κ1) is 16.3. The van der Waals surface area contributed by atoms with Crippen LogP contribution in [0.3, 0.4) is 0 Å². The lowest BCUT2D eigenvalue weighted by molar-refractivity contribution is 0.407. The number of guanidine groups is 1. The van der Waals surface area contributed by atoms with Gasteiger partial charge in [0.25, 0.3) is 0 Å². The molecule has 0 saturated carbocycles. The number of nitrogens with zero attached hydrogens (tertiary/aromatic N) is 1. The number of methoxy groups -OCH3 is 1. The molecule has 0 fully saturated rings. The first-order valence-electron chi connectivity index (χ1n) is 7.38. The Bertz CT molecular complexity index is 418. The van der Waals surface area contributed by atoms with Gasteiger partial charge >= 0.3 is 0 Å². The van der Waals surface area contributed by atoms with Crippen LogP contribution < -0.4 is 15.4 Å². The molecule has 112 valence electrons. The largest absolute Gasteiger partial charge is 0.496 e. The highest BCUT2D eigenvalue weighted by Gasteiger charge is 2.10. The molecule has 0 heterocycles. The Morgan fingerprint density at radius 3 is 2.65 bits per heavy atom. The minimum Gasteiger partial charge on any atom is -0.496 e. The highest BCUT2D eigenvalue weighted by Crippen LogP contribution is 2.26. The number of benzene rings is 1. The summed E-state index contributed by atoms with van der Waals surface area (Å²) >= 11 is 0. The number of para-hydroxylation sites is 1. The Balaban J connectivity index is 2.69. The normalized spacial score (nSPS) is 12.9. The van der Waals surface area contributed by atoms with Crippen molar-refractivity contribution in [3.63, 3.8) is 0 Å². The van der Waals surface area contributed by atoms with Crippen LogP contribution in [0.2, 0.25) is 0 Å². The average molecular weight is 277 g/mol. The molecule has 2 N–H and O–H groups in total. The Labute approximate surface area is 122 Å². The summed E-state index contributed by atoms with van der Waals surface area (Å²) in [7, 11) is 1.71. The second kappa shape index (κ2) is 9.23. The van der Waals surface area contributed by atoms with Crippen LogP contribution in [-0.4, -0.2) is 32.7 Å². The maximum absolute atomic E-state index is 5.41. The van der Waals surface area contributed by atoms with Gasteiger partial charge < -0.3 is 15.4 Å². The van der Waals surface area contributed by atoms with Crippen LogP contribution in [0.1, 0.15) is 38.7 Å². The smallest absolute Gasteiger partial charge is 0.191 e. The van der Waals surface area contributed by atoms with Crippen molar-refractivity contribution in [2.24, 2.45) is 4.99 Å². The molecular formula is C16H27N3O. The highest BCUT2D eigenvalue weighted by atomic mass is 16.5. The van der Waals surface area contributed by atoms with Gasteiger partial charge in [-0.15, -0.1) is 0 Å². The van der Waals surface area contributed by atoms with Crippen molar-refractivity contribution in [3.8, 4) is 5.75 Å². The van der Waals surface area contributed by atoms with E-state index in [0.29, 0.717) is 5.92 Å². The summed E-state index contributed by atoms with van der Waals surface area (Å²) in [5, 5.41) is 6.57. The van der Waals surface area contributed by atoms with Gasteiger partial charge in [-0.2, -0.15) is 0 Å². The molecule has 0 aliphatic heterocycles. The van der Waals surface area contributed by atoms with Gasteiger partial charge in [-0.3, -0.25) is 4.99 Å². The number of hydrogen-bond donors (Lipinski definition) is 2. The highest BCUT2D eigenvalue weighted by molar-refractivity contribution is 5.79. The number of ether oxygens (including phenoxy) is 1. The van der Waals surface area contributed by atoms with Gasteiger partial charge in [0.1, 0.15) is 5.75 Å². The number of rotatable bonds is 7. The van der Waals surface area contributed by atoms with E-state index in [1.165, 1.54) is 5.56 Å². The predicted octanol–water partition coefficient (Wildman–Crippen LogP) is 2.76. The fraction of sp³-hybridized carbons (Fsp3) is 0.562. The summed E-state index contributed by atoms with van der Waals surface area (Å²) < 4.78 is 5.41. The second-order valence-corrected chi connectivity index (χ2v) is 4.79. The maximum Gasteiger partial charge on any atom is 0.191 e. The number of aliphatic imine (C=N–C) groups is 1.